The predicted octanol–water partition coefficient (Wildman–Crippen LogP) is 0.267. The summed E-state index contributed by atoms with van der Waals surface area (Å²) in [7, 11) is 0. The number of amidine groups is 1. The lowest BCUT2D eigenvalue weighted by atomic mass is 10.2. The third-order valence-electron chi connectivity index (χ3n) is 2.56. The second kappa shape index (κ2) is 4.94. The van der Waals surface area contributed by atoms with Crippen molar-refractivity contribution < 1.29 is 4.79 Å². The molecule has 0 radical (unpaired) electrons. The zero-order valence-corrected chi connectivity index (χ0v) is 9.17. The number of amides is 1. The minimum atomic E-state index is 0.0423. The molecule has 0 atom stereocenters. The molecule has 16 heavy (non-hydrogen) atoms. The van der Waals surface area contributed by atoms with Gasteiger partial charge in [-0.3, -0.25) is 4.79 Å². The summed E-state index contributed by atoms with van der Waals surface area (Å²) in [6.07, 6.45) is 9.42. The lowest BCUT2D eigenvalue weighted by molar-refractivity contribution is -0.132. The predicted molar refractivity (Wildman–Crippen MR) is 62.4 cm³/mol. The molecule has 0 spiro atoms. The number of allylic oxidation sites excluding steroid dienone is 2. The van der Waals surface area contributed by atoms with Crippen molar-refractivity contribution in [3.63, 3.8) is 0 Å². The minimum absolute atomic E-state index is 0.0423. The number of hydrazone groups is 1. The zero-order chi connectivity index (χ0) is 11.4. The van der Waals surface area contributed by atoms with Crippen molar-refractivity contribution in [3.05, 3.63) is 24.4 Å². The molecule has 0 fully saturated rings. The smallest absolute Gasteiger partial charge is 0.262 e. The molecule has 0 bridgehead atoms. The first-order valence-electron chi connectivity index (χ1n) is 5.52. The van der Waals surface area contributed by atoms with Crippen LogP contribution >= 0.6 is 0 Å². The molecule has 2 N–H and O–H groups in total. The molecule has 2 rings (SSSR count). The van der Waals surface area contributed by atoms with Crippen LogP contribution in [0.15, 0.2) is 29.5 Å². The number of hydrogen-bond donors (Lipinski definition) is 1. The largest absolute Gasteiger partial charge is 0.330 e. The SMILES string of the molecule is NCCCCN1N=C2C=CC=CN2CC1=O. The van der Waals surface area contributed by atoms with Gasteiger partial charge >= 0.3 is 0 Å². The van der Waals surface area contributed by atoms with Crippen LogP contribution in [0, 0.1) is 0 Å². The topological polar surface area (TPSA) is 61.9 Å². The van der Waals surface area contributed by atoms with Crippen molar-refractivity contribution >= 4 is 11.7 Å². The molecule has 2 aliphatic rings. The van der Waals surface area contributed by atoms with Crippen LogP contribution in [0.3, 0.4) is 0 Å². The number of carbonyl (C=O) groups is 1. The van der Waals surface area contributed by atoms with Crippen molar-refractivity contribution in [1.29, 1.82) is 0 Å². The van der Waals surface area contributed by atoms with Gasteiger partial charge in [-0.2, -0.15) is 5.10 Å². The number of hydrogen-bond acceptors (Lipinski definition) is 4. The molecule has 0 aromatic carbocycles. The molecule has 0 aliphatic carbocycles. The molecule has 5 nitrogen and oxygen atoms in total. The highest BCUT2D eigenvalue weighted by Crippen LogP contribution is 2.11. The van der Waals surface area contributed by atoms with Gasteiger partial charge in [0.15, 0.2) is 5.84 Å². The Morgan fingerprint density at radius 2 is 2.25 bits per heavy atom. The van der Waals surface area contributed by atoms with E-state index >= 15 is 0 Å². The number of nitrogens with two attached hydrogens (primary N) is 1. The number of carbonyl (C=O) groups excluding carboxylic acids is 1. The van der Waals surface area contributed by atoms with Crippen LogP contribution in [0.4, 0.5) is 0 Å². The number of nitrogens with zero attached hydrogens (tertiary/aromatic N) is 3. The Morgan fingerprint density at radius 3 is 3.06 bits per heavy atom. The molecular formula is C11H16N4O. The van der Waals surface area contributed by atoms with Crippen LogP contribution in [0.5, 0.6) is 0 Å². The normalized spacial score (nSPS) is 18.8. The van der Waals surface area contributed by atoms with E-state index < -0.39 is 0 Å². The van der Waals surface area contributed by atoms with Gasteiger partial charge in [0.1, 0.15) is 6.54 Å². The van der Waals surface area contributed by atoms with Gasteiger partial charge in [-0.1, -0.05) is 6.08 Å². The van der Waals surface area contributed by atoms with E-state index in [0.717, 1.165) is 18.7 Å². The van der Waals surface area contributed by atoms with Crippen LogP contribution in [0.25, 0.3) is 0 Å². The first kappa shape index (κ1) is 10.9. The summed E-state index contributed by atoms with van der Waals surface area (Å²) in [5.41, 5.74) is 5.42. The lowest BCUT2D eigenvalue weighted by Crippen LogP contribution is -2.45. The van der Waals surface area contributed by atoms with Crippen LogP contribution in [0.1, 0.15) is 12.8 Å². The maximum absolute atomic E-state index is 11.7. The highest BCUT2D eigenvalue weighted by Gasteiger charge is 2.24. The Labute approximate surface area is 94.9 Å². The summed E-state index contributed by atoms with van der Waals surface area (Å²) in [5, 5.41) is 5.85. The highest BCUT2D eigenvalue weighted by molar-refractivity contribution is 6.00. The van der Waals surface area contributed by atoms with Gasteiger partial charge < -0.3 is 10.6 Å². The molecule has 86 valence electrons. The molecule has 0 unspecified atom stereocenters. The van der Waals surface area contributed by atoms with E-state index in [4.69, 9.17) is 5.73 Å². The van der Waals surface area contributed by atoms with Gasteiger partial charge in [0.25, 0.3) is 5.91 Å². The molecule has 0 aromatic heterocycles. The summed E-state index contributed by atoms with van der Waals surface area (Å²) in [5.74, 6) is 0.871. The second-order valence-electron chi connectivity index (χ2n) is 3.80. The number of fused-ring (bicyclic) bond motifs is 1. The standard InChI is InChI=1S/C11H16N4O/c12-6-2-4-8-15-11(16)9-14-7-3-1-5-10(14)13-15/h1,3,5,7H,2,4,6,8-9,12H2. The summed E-state index contributed by atoms with van der Waals surface area (Å²) in [6, 6.07) is 0. The Morgan fingerprint density at radius 1 is 1.38 bits per heavy atom. The highest BCUT2D eigenvalue weighted by atomic mass is 16.2. The quantitative estimate of drug-likeness (QED) is 0.692. The summed E-state index contributed by atoms with van der Waals surface area (Å²) in [4.78, 5) is 13.6. The zero-order valence-electron chi connectivity index (χ0n) is 9.17. The average Bonchev–Trinajstić information content (AvgIpc) is 2.30. The molecular weight excluding hydrogens is 204 g/mol. The molecule has 5 heteroatoms. The summed E-state index contributed by atoms with van der Waals surface area (Å²) < 4.78 is 0. The van der Waals surface area contributed by atoms with Crippen molar-refractivity contribution in [1.82, 2.24) is 9.91 Å². The average molecular weight is 220 g/mol. The Hall–Kier alpha value is -1.62. The fourth-order valence-electron chi connectivity index (χ4n) is 1.68. The fourth-order valence-corrected chi connectivity index (χ4v) is 1.68. The van der Waals surface area contributed by atoms with Crippen LogP contribution in [-0.2, 0) is 4.79 Å². The first-order chi connectivity index (χ1) is 7.81. The maximum Gasteiger partial charge on any atom is 0.262 e. The van der Waals surface area contributed by atoms with Gasteiger partial charge in [-0.25, -0.2) is 5.01 Å². The maximum atomic E-state index is 11.7. The van der Waals surface area contributed by atoms with Gasteiger partial charge in [-0.05, 0) is 31.5 Å². The molecule has 2 heterocycles. The monoisotopic (exact) mass is 220 g/mol. The second-order valence-corrected chi connectivity index (χ2v) is 3.80. The van der Waals surface area contributed by atoms with E-state index in [1.807, 2.05) is 29.3 Å². The van der Waals surface area contributed by atoms with Crippen LogP contribution < -0.4 is 5.73 Å². The Kier molecular flexibility index (Phi) is 3.36. The molecule has 1 amide bonds. The van der Waals surface area contributed by atoms with Crippen molar-refractivity contribution in [3.8, 4) is 0 Å². The van der Waals surface area contributed by atoms with E-state index in [9.17, 15) is 4.79 Å². The third kappa shape index (κ3) is 2.30. The van der Waals surface area contributed by atoms with Gasteiger partial charge in [0, 0.05) is 12.7 Å². The molecule has 0 saturated heterocycles. The molecule has 2 aliphatic heterocycles. The minimum Gasteiger partial charge on any atom is -0.330 e. The van der Waals surface area contributed by atoms with Crippen molar-refractivity contribution in [2.75, 3.05) is 19.6 Å². The lowest BCUT2D eigenvalue weighted by Gasteiger charge is -2.30. The summed E-state index contributed by atoms with van der Waals surface area (Å²) in [6.45, 7) is 1.70. The van der Waals surface area contributed by atoms with Gasteiger partial charge in [0.2, 0.25) is 0 Å². The fraction of sp³-hybridized carbons (Fsp3) is 0.455. The molecule has 0 aromatic rings. The first-order valence-corrected chi connectivity index (χ1v) is 5.52. The number of rotatable bonds is 4. The third-order valence-corrected chi connectivity index (χ3v) is 2.56. The summed E-state index contributed by atoms with van der Waals surface area (Å²) >= 11 is 0. The number of unbranched alkanes of at least 4 members (excludes halogenated alkanes) is 1. The van der Waals surface area contributed by atoms with E-state index in [0.29, 0.717) is 19.6 Å². The van der Waals surface area contributed by atoms with E-state index in [1.54, 1.807) is 5.01 Å². The van der Waals surface area contributed by atoms with E-state index in [2.05, 4.69) is 5.10 Å². The van der Waals surface area contributed by atoms with Crippen molar-refractivity contribution in [2.24, 2.45) is 10.8 Å². The van der Waals surface area contributed by atoms with E-state index in [1.165, 1.54) is 0 Å². The molecule has 0 saturated carbocycles. The Balaban J connectivity index is 2.01. The van der Waals surface area contributed by atoms with Crippen molar-refractivity contribution in [2.45, 2.75) is 12.8 Å². The van der Waals surface area contributed by atoms with Gasteiger partial charge in [0.05, 0.1) is 0 Å². The van der Waals surface area contributed by atoms with E-state index in [-0.39, 0.29) is 5.91 Å². The van der Waals surface area contributed by atoms with Crippen LogP contribution in [-0.4, -0.2) is 41.3 Å². The van der Waals surface area contributed by atoms with Crippen LogP contribution in [0.2, 0.25) is 0 Å². The Bertz CT molecular complexity index is 359. The van der Waals surface area contributed by atoms with Gasteiger partial charge in [-0.15, -0.1) is 0 Å².